The molecule has 0 aromatic rings. The summed E-state index contributed by atoms with van der Waals surface area (Å²) in [5, 5.41) is 7.14. The molecule has 0 unspecified atom stereocenters. The summed E-state index contributed by atoms with van der Waals surface area (Å²) in [6.07, 6.45) is 7.36. The molecule has 0 saturated carbocycles. The van der Waals surface area contributed by atoms with Gasteiger partial charge < -0.3 is 0 Å². The summed E-state index contributed by atoms with van der Waals surface area (Å²) in [7, 11) is 0. The highest BCUT2D eigenvalue weighted by molar-refractivity contribution is 6.19. The summed E-state index contributed by atoms with van der Waals surface area (Å²) in [6, 6.07) is 0. The summed E-state index contributed by atoms with van der Waals surface area (Å²) >= 11 is 0. The second kappa shape index (κ2) is 2.31. The Hall–Kier alpha value is -1.31. The Morgan fingerprint density at radius 3 is 2.89 bits per heavy atom. The van der Waals surface area contributed by atoms with Gasteiger partial charge in [0.1, 0.15) is 5.57 Å². The van der Waals surface area contributed by atoms with Crippen molar-refractivity contribution in [3.05, 3.63) is 30.2 Å². The highest BCUT2D eigenvalue weighted by Gasteiger charge is 2.12. The lowest BCUT2D eigenvalue weighted by molar-refractivity contribution is -0.104. The third kappa shape index (κ3) is 1.08. The number of carbonyl (C=O) groups is 1. The van der Waals surface area contributed by atoms with Gasteiger partial charge in [-0.3, -0.25) is 10.2 Å². The molecule has 0 spiro atoms. The van der Waals surface area contributed by atoms with Crippen LogP contribution < -0.4 is 0 Å². The average Bonchev–Trinajstić information content (AvgIpc) is 1.89. The molecular formula is C7H6NO+. The van der Waals surface area contributed by atoms with Crippen LogP contribution in [0.1, 0.15) is 0 Å². The first-order chi connectivity index (χ1) is 4.34. The minimum atomic E-state index is 0.285. The molecular weight excluding hydrogens is 114 g/mol. The molecule has 0 atom stereocenters. The van der Waals surface area contributed by atoms with Crippen LogP contribution in [-0.2, 0) is 4.79 Å². The number of carbonyl (C=O) groups excluding carboxylic acids is 1. The van der Waals surface area contributed by atoms with Crippen molar-refractivity contribution in [1.82, 2.24) is 0 Å². The molecule has 0 aliphatic heterocycles. The molecule has 1 rings (SSSR count). The van der Waals surface area contributed by atoms with Gasteiger partial charge in [0.15, 0.2) is 5.71 Å². The summed E-state index contributed by atoms with van der Waals surface area (Å²) in [5.41, 5.74) is 0.727. The third-order valence-corrected chi connectivity index (χ3v) is 1.09. The lowest BCUT2D eigenvalue weighted by atomic mass is 10.0. The van der Waals surface area contributed by atoms with E-state index in [0.29, 0.717) is 11.9 Å². The van der Waals surface area contributed by atoms with Crippen molar-refractivity contribution in [3.63, 3.8) is 0 Å². The second-order valence-electron chi connectivity index (χ2n) is 1.71. The third-order valence-electron chi connectivity index (χ3n) is 1.09. The van der Waals surface area contributed by atoms with Crippen LogP contribution in [0, 0.1) is 11.8 Å². The van der Waals surface area contributed by atoms with Gasteiger partial charge in [0, 0.05) is 6.08 Å². The zero-order chi connectivity index (χ0) is 6.69. The maximum atomic E-state index is 10.1. The van der Waals surface area contributed by atoms with E-state index in [-0.39, 0.29) is 5.71 Å². The van der Waals surface area contributed by atoms with Gasteiger partial charge in [-0.05, 0) is 0 Å². The molecule has 2 nitrogen and oxygen atoms in total. The number of aldehydes is 1. The number of nitrogens with one attached hydrogen (secondary N) is 1. The number of rotatable bonds is 1. The normalized spacial score (nSPS) is 16.4. The molecule has 0 heterocycles. The van der Waals surface area contributed by atoms with Crippen LogP contribution in [0.4, 0.5) is 0 Å². The topological polar surface area (TPSA) is 40.9 Å². The summed E-state index contributed by atoms with van der Waals surface area (Å²) < 4.78 is 0. The Labute approximate surface area is 53.4 Å². The lowest BCUT2D eigenvalue weighted by Crippen LogP contribution is -2.03. The molecule has 0 saturated heterocycles. The Bertz CT molecular complexity index is 201. The summed E-state index contributed by atoms with van der Waals surface area (Å²) in [4.78, 5) is 10.1. The van der Waals surface area contributed by atoms with E-state index in [1.165, 1.54) is 0 Å². The molecule has 0 amide bonds. The molecule has 2 heteroatoms. The lowest BCUT2D eigenvalue weighted by Gasteiger charge is -1.91. The van der Waals surface area contributed by atoms with Gasteiger partial charge in [-0.1, -0.05) is 0 Å². The zero-order valence-corrected chi connectivity index (χ0v) is 4.79. The molecule has 0 fully saturated rings. The van der Waals surface area contributed by atoms with Crippen LogP contribution in [0.15, 0.2) is 23.8 Å². The highest BCUT2D eigenvalue weighted by atomic mass is 16.1. The monoisotopic (exact) mass is 120 g/mol. The smallest absolute Gasteiger partial charge is 0.207 e. The number of hydrogen-bond donors (Lipinski definition) is 1. The fourth-order valence-corrected chi connectivity index (χ4v) is 0.600. The van der Waals surface area contributed by atoms with E-state index in [4.69, 9.17) is 5.41 Å². The van der Waals surface area contributed by atoms with Crippen molar-refractivity contribution >= 4 is 12.0 Å². The molecule has 0 aromatic heterocycles. The fourth-order valence-electron chi connectivity index (χ4n) is 0.600. The van der Waals surface area contributed by atoms with Crippen LogP contribution in [-0.4, -0.2) is 12.0 Å². The molecule has 44 valence electrons. The predicted molar refractivity (Wildman–Crippen MR) is 35.3 cm³/mol. The van der Waals surface area contributed by atoms with Crippen LogP contribution in [0.2, 0.25) is 0 Å². The number of allylic oxidation sites excluding steroid dienone is 4. The van der Waals surface area contributed by atoms with Crippen molar-refractivity contribution < 1.29 is 4.79 Å². The fraction of sp³-hybridized carbons (Fsp3) is 0. The maximum Gasteiger partial charge on any atom is 0.207 e. The molecule has 9 heavy (non-hydrogen) atoms. The Balaban J connectivity index is 2.86. The van der Waals surface area contributed by atoms with E-state index in [1.54, 1.807) is 24.6 Å². The van der Waals surface area contributed by atoms with E-state index in [0.717, 1.165) is 0 Å². The van der Waals surface area contributed by atoms with Crippen LogP contribution >= 0.6 is 0 Å². The standard InChI is InChI=1S/C7H6NO/c8-7-4-2-1-3-6(7)5-9/h1-5,8H/q+1. The van der Waals surface area contributed by atoms with Crippen molar-refractivity contribution in [2.24, 2.45) is 0 Å². The largest absolute Gasteiger partial charge is 0.282 e. The van der Waals surface area contributed by atoms with Crippen molar-refractivity contribution in [3.8, 4) is 0 Å². The second-order valence-corrected chi connectivity index (χ2v) is 1.71. The Morgan fingerprint density at radius 2 is 2.44 bits per heavy atom. The van der Waals surface area contributed by atoms with E-state index in [1.807, 2.05) is 0 Å². The van der Waals surface area contributed by atoms with Crippen molar-refractivity contribution in [2.75, 3.05) is 0 Å². The van der Waals surface area contributed by atoms with Gasteiger partial charge in [0.25, 0.3) is 0 Å². The summed E-state index contributed by atoms with van der Waals surface area (Å²) in [6.45, 7) is 0. The van der Waals surface area contributed by atoms with E-state index in [2.05, 4.69) is 0 Å². The molecule has 0 radical (unpaired) electrons. The first-order valence-corrected chi connectivity index (χ1v) is 2.60. The van der Waals surface area contributed by atoms with E-state index < -0.39 is 0 Å². The minimum Gasteiger partial charge on any atom is -0.282 e. The van der Waals surface area contributed by atoms with Gasteiger partial charge in [-0.25, -0.2) is 0 Å². The van der Waals surface area contributed by atoms with Crippen LogP contribution in [0.3, 0.4) is 0 Å². The highest BCUT2D eigenvalue weighted by Crippen LogP contribution is 2.03. The average molecular weight is 120 g/mol. The quantitative estimate of drug-likeness (QED) is 0.405. The first kappa shape index (κ1) is 5.82. The van der Waals surface area contributed by atoms with Gasteiger partial charge >= 0.3 is 0 Å². The molecule has 0 bridgehead atoms. The van der Waals surface area contributed by atoms with Crippen LogP contribution in [0.5, 0.6) is 0 Å². The van der Waals surface area contributed by atoms with Crippen molar-refractivity contribution in [1.29, 1.82) is 5.41 Å². The molecule has 1 N–H and O–H groups in total. The first-order valence-electron chi connectivity index (χ1n) is 2.60. The summed E-state index contributed by atoms with van der Waals surface area (Å²) in [5.74, 6) is 0. The minimum absolute atomic E-state index is 0.285. The Morgan fingerprint density at radius 1 is 1.67 bits per heavy atom. The van der Waals surface area contributed by atoms with Crippen LogP contribution in [0.25, 0.3) is 0 Å². The van der Waals surface area contributed by atoms with Gasteiger partial charge in [0.05, 0.1) is 18.6 Å². The van der Waals surface area contributed by atoms with Gasteiger partial charge in [-0.15, -0.1) is 0 Å². The number of hydrogen-bond acceptors (Lipinski definition) is 2. The Kier molecular flexibility index (Phi) is 1.49. The van der Waals surface area contributed by atoms with Crippen molar-refractivity contribution in [2.45, 2.75) is 0 Å². The molecule has 0 aromatic carbocycles. The molecule has 1 aliphatic rings. The SMILES string of the molecule is N=C1[CH+]C=CC=C1C=O. The zero-order valence-electron chi connectivity index (χ0n) is 4.79. The van der Waals surface area contributed by atoms with E-state index >= 15 is 0 Å². The molecule has 1 aliphatic carbocycles. The van der Waals surface area contributed by atoms with Gasteiger partial charge in [-0.2, -0.15) is 0 Å². The van der Waals surface area contributed by atoms with E-state index in [9.17, 15) is 4.79 Å². The van der Waals surface area contributed by atoms with Gasteiger partial charge in [0.2, 0.25) is 6.29 Å². The maximum absolute atomic E-state index is 10.1. The predicted octanol–water partition coefficient (Wildman–Crippen LogP) is 0.906.